The average molecular weight is 545 g/mol. The van der Waals surface area contributed by atoms with Gasteiger partial charge in [-0.1, -0.05) is 18.2 Å². The van der Waals surface area contributed by atoms with Gasteiger partial charge < -0.3 is 9.88 Å². The van der Waals surface area contributed by atoms with Crippen LogP contribution in [0.1, 0.15) is 56.5 Å². The summed E-state index contributed by atoms with van der Waals surface area (Å²) in [5, 5.41) is 3.34. The number of imidazole rings is 1. The Morgan fingerprint density at radius 2 is 1.85 bits per heavy atom. The summed E-state index contributed by atoms with van der Waals surface area (Å²) in [7, 11) is 0. The van der Waals surface area contributed by atoms with E-state index in [1.54, 1.807) is 26.2 Å². The van der Waals surface area contributed by atoms with E-state index < -0.39 is 17.5 Å². The molecule has 5 rings (SSSR count). The van der Waals surface area contributed by atoms with Gasteiger partial charge in [0.15, 0.2) is 11.6 Å². The molecule has 9 heteroatoms. The molecule has 0 atom stereocenters. The van der Waals surface area contributed by atoms with Gasteiger partial charge in [-0.2, -0.15) is 13.2 Å². The van der Waals surface area contributed by atoms with Gasteiger partial charge in [0.25, 0.3) is 0 Å². The van der Waals surface area contributed by atoms with Crippen molar-refractivity contribution in [3.8, 4) is 5.69 Å². The van der Waals surface area contributed by atoms with E-state index in [-0.39, 0.29) is 23.5 Å². The molecule has 1 aliphatic carbocycles. The van der Waals surface area contributed by atoms with Crippen molar-refractivity contribution < 1.29 is 22.8 Å². The van der Waals surface area contributed by atoms with Crippen molar-refractivity contribution >= 4 is 23.3 Å². The number of aromatic nitrogens is 3. The summed E-state index contributed by atoms with van der Waals surface area (Å²) in [4.78, 5) is 33.5. The lowest BCUT2D eigenvalue weighted by Crippen LogP contribution is -2.11. The third kappa shape index (κ3) is 5.88. The van der Waals surface area contributed by atoms with E-state index in [0.29, 0.717) is 24.2 Å². The monoisotopic (exact) mass is 544 g/mol. The second-order valence-electron chi connectivity index (χ2n) is 10.1. The van der Waals surface area contributed by atoms with E-state index in [1.807, 2.05) is 37.3 Å². The largest absolute Gasteiger partial charge is 0.416 e. The van der Waals surface area contributed by atoms with E-state index in [4.69, 9.17) is 0 Å². The van der Waals surface area contributed by atoms with Crippen molar-refractivity contribution in [2.24, 2.45) is 0 Å². The van der Waals surface area contributed by atoms with Crippen LogP contribution in [0.2, 0.25) is 0 Å². The molecule has 204 valence electrons. The summed E-state index contributed by atoms with van der Waals surface area (Å²) in [5.74, 6) is -0.379. The molecule has 0 unspecified atom stereocenters. The lowest BCUT2D eigenvalue weighted by atomic mass is 9.97. The number of hydrogen-bond acceptors (Lipinski definition) is 5. The van der Waals surface area contributed by atoms with Crippen molar-refractivity contribution in [1.82, 2.24) is 14.5 Å². The molecule has 0 radical (unpaired) electrons. The zero-order valence-corrected chi connectivity index (χ0v) is 22.3. The van der Waals surface area contributed by atoms with E-state index in [0.717, 1.165) is 45.8 Å². The standard InChI is InChI=1S/C31H27F3N4O2/c1-18-4-5-21(6-25(18)14-35-27-10-23-8-22(20(3)39)12-29(23)36-15-27)7-30(40)24-9-26(31(32,33)34)13-28(11-24)38-16-19(2)37-17-38/h4-6,8-11,13,15-17,35H,7,12,14H2,1-3H3. The zero-order valence-electron chi connectivity index (χ0n) is 22.3. The van der Waals surface area contributed by atoms with Gasteiger partial charge in [-0.25, -0.2) is 4.98 Å². The van der Waals surface area contributed by atoms with Crippen molar-refractivity contribution in [1.29, 1.82) is 0 Å². The second kappa shape index (κ2) is 10.6. The molecular formula is C31H27F3N4O2. The quantitative estimate of drug-likeness (QED) is 0.257. The van der Waals surface area contributed by atoms with Crippen LogP contribution in [0.5, 0.6) is 0 Å². The topological polar surface area (TPSA) is 76.9 Å². The molecule has 1 N–H and O–H groups in total. The average Bonchev–Trinajstić information content (AvgIpc) is 3.54. The minimum atomic E-state index is -4.60. The molecule has 0 saturated carbocycles. The summed E-state index contributed by atoms with van der Waals surface area (Å²) >= 11 is 0. The molecule has 1 aliphatic rings. The Hall–Kier alpha value is -4.53. The SMILES string of the molecule is CC(=O)C1=Cc2cc(NCc3cc(CC(=O)c4cc(-n5cnc(C)c5)cc(C(F)(F)F)c4)ccc3C)cnc2C1. The fourth-order valence-corrected chi connectivity index (χ4v) is 4.68. The summed E-state index contributed by atoms with van der Waals surface area (Å²) in [6.07, 6.45) is 2.52. The number of benzene rings is 2. The molecule has 2 aromatic heterocycles. The van der Waals surface area contributed by atoms with Crippen LogP contribution in [0.15, 0.2) is 66.8 Å². The van der Waals surface area contributed by atoms with Crippen LogP contribution >= 0.6 is 0 Å². The Morgan fingerprint density at radius 1 is 1.05 bits per heavy atom. The normalized spacial score (nSPS) is 12.7. The first kappa shape index (κ1) is 27.1. The van der Waals surface area contributed by atoms with Gasteiger partial charge >= 0.3 is 6.18 Å². The predicted octanol–water partition coefficient (Wildman–Crippen LogP) is 6.47. The first-order chi connectivity index (χ1) is 19.0. The molecule has 6 nitrogen and oxygen atoms in total. The van der Waals surface area contributed by atoms with Crippen molar-refractivity contribution in [3.05, 3.63) is 112 Å². The molecule has 0 fully saturated rings. The van der Waals surface area contributed by atoms with Crippen LogP contribution in [0.25, 0.3) is 11.8 Å². The maximum absolute atomic E-state index is 13.6. The van der Waals surface area contributed by atoms with Gasteiger partial charge in [0, 0.05) is 42.4 Å². The Kier molecular flexibility index (Phi) is 7.14. The lowest BCUT2D eigenvalue weighted by Gasteiger charge is -2.14. The summed E-state index contributed by atoms with van der Waals surface area (Å²) in [5.41, 5.74) is 5.95. The number of fused-ring (bicyclic) bond motifs is 1. The molecule has 0 spiro atoms. The van der Waals surface area contributed by atoms with Crippen molar-refractivity contribution in [3.63, 3.8) is 0 Å². The number of Topliss-reactive ketones (excluding diaryl/α,β-unsaturated/α-hetero) is 2. The molecule has 0 amide bonds. The highest BCUT2D eigenvalue weighted by Gasteiger charge is 2.32. The third-order valence-electron chi connectivity index (χ3n) is 6.98. The fourth-order valence-electron chi connectivity index (χ4n) is 4.68. The molecule has 2 heterocycles. The number of nitrogens with zero attached hydrogens (tertiary/aromatic N) is 3. The van der Waals surface area contributed by atoms with Crippen LogP contribution in [-0.2, 0) is 30.4 Å². The summed E-state index contributed by atoms with van der Waals surface area (Å²) in [6.45, 7) is 5.70. The number of allylic oxidation sites excluding steroid dienone is 1. The fraction of sp³-hybridized carbons (Fsp3) is 0.226. The second-order valence-corrected chi connectivity index (χ2v) is 10.1. The maximum Gasteiger partial charge on any atom is 0.416 e. The van der Waals surface area contributed by atoms with Crippen LogP contribution in [0, 0.1) is 13.8 Å². The summed E-state index contributed by atoms with van der Waals surface area (Å²) < 4.78 is 42.4. The molecular weight excluding hydrogens is 517 g/mol. The molecule has 0 aliphatic heterocycles. The minimum Gasteiger partial charge on any atom is -0.380 e. The van der Waals surface area contributed by atoms with Crippen LogP contribution in [-0.4, -0.2) is 26.1 Å². The molecule has 0 saturated heterocycles. The highest BCUT2D eigenvalue weighted by atomic mass is 19.4. The van der Waals surface area contributed by atoms with Gasteiger partial charge in [0.05, 0.1) is 35.2 Å². The third-order valence-corrected chi connectivity index (χ3v) is 6.98. The Balaban J connectivity index is 1.34. The molecule has 40 heavy (non-hydrogen) atoms. The number of ketones is 2. The van der Waals surface area contributed by atoms with Gasteiger partial charge in [0.1, 0.15) is 0 Å². The van der Waals surface area contributed by atoms with Crippen LogP contribution < -0.4 is 5.32 Å². The summed E-state index contributed by atoms with van der Waals surface area (Å²) in [6, 6.07) is 10.9. The highest BCUT2D eigenvalue weighted by molar-refractivity contribution is 6.00. The maximum atomic E-state index is 13.6. The van der Waals surface area contributed by atoms with E-state index in [1.165, 1.54) is 17.0 Å². The number of rotatable bonds is 8. The van der Waals surface area contributed by atoms with Gasteiger partial charge in [-0.3, -0.25) is 14.6 Å². The Morgan fingerprint density at radius 3 is 2.55 bits per heavy atom. The smallest absolute Gasteiger partial charge is 0.380 e. The lowest BCUT2D eigenvalue weighted by molar-refractivity contribution is -0.137. The first-order valence-electron chi connectivity index (χ1n) is 12.8. The van der Waals surface area contributed by atoms with Crippen LogP contribution in [0.4, 0.5) is 18.9 Å². The van der Waals surface area contributed by atoms with Crippen molar-refractivity contribution in [2.45, 2.75) is 46.3 Å². The van der Waals surface area contributed by atoms with E-state index in [2.05, 4.69) is 15.3 Å². The number of nitrogens with one attached hydrogen (secondary N) is 1. The Bertz CT molecular complexity index is 1670. The number of alkyl halides is 3. The Labute approximate surface area is 229 Å². The zero-order chi connectivity index (χ0) is 28.6. The number of carbonyl (C=O) groups excluding carboxylic acids is 2. The molecule has 2 aromatic carbocycles. The molecule has 4 aromatic rings. The molecule has 0 bridgehead atoms. The van der Waals surface area contributed by atoms with Gasteiger partial charge in [0.2, 0.25) is 0 Å². The number of pyridine rings is 1. The van der Waals surface area contributed by atoms with Gasteiger partial charge in [-0.15, -0.1) is 0 Å². The van der Waals surface area contributed by atoms with Crippen molar-refractivity contribution in [2.75, 3.05) is 5.32 Å². The number of anilines is 1. The highest BCUT2D eigenvalue weighted by Crippen LogP contribution is 2.32. The number of aryl methyl sites for hydroxylation is 2. The number of hydrogen-bond donors (Lipinski definition) is 1. The predicted molar refractivity (Wildman–Crippen MR) is 146 cm³/mol. The van der Waals surface area contributed by atoms with Crippen LogP contribution in [0.3, 0.4) is 0 Å². The number of carbonyl (C=O) groups is 2. The van der Waals surface area contributed by atoms with Gasteiger partial charge in [-0.05, 0) is 73.4 Å². The van der Waals surface area contributed by atoms with E-state index >= 15 is 0 Å². The minimum absolute atomic E-state index is 0.0152. The first-order valence-corrected chi connectivity index (χ1v) is 12.8. The van der Waals surface area contributed by atoms with E-state index in [9.17, 15) is 22.8 Å². The number of halogens is 3.